The van der Waals surface area contributed by atoms with Gasteiger partial charge < -0.3 is 9.47 Å². The van der Waals surface area contributed by atoms with Crippen molar-refractivity contribution < 1.29 is 19.1 Å². The third kappa shape index (κ3) is 3.28. The minimum absolute atomic E-state index is 0.0153. The van der Waals surface area contributed by atoms with Gasteiger partial charge in [0.2, 0.25) is 5.88 Å². The van der Waals surface area contributed by atoms with Crippen LogP contribution in [0.1, 0.15) is 13.8 Å². The van der Waals surface area contributed by atoms with E-state index in [1.807, 2.05) is 12.1 Å². The summed E-state index contributed by atoms with van der Waals surface area (Å²) < 4.78 is 10.3. The second kappa shape index (κ2) is 5.48. The number of nitrogens with zero attached hydrogens (tertiary/aromatic N) is 1. The van der Waals surface area contributed by atoms with Crippen molar-refractivity contribution >= 4 is 22.7 Å². The van der Waals surface area contributed by atoms with E-state index in [0.29, 0.717) is 11.3 Å². The lowest BCUT2D eigenvalue weighted by molar-refractivity contribution is -0.132. The van der Waals surface area contributed by atoms with E-state index >= 15 is 0 Å². The van der Waals surface area contributed by atoms with Gasteiger partial charge in [0.25, 0.3) is 0 Å². The molecular formula is C14H13NO4. The van der Waals surface area contributed by atoms with E-state index < -0.39 is 5.97 Å². The molecule has 0 radical (unpaired) electrons. The van der Waals surface area contributed by atoms with Gasteiger partial charge in [-0.3, -0.25) is 9.59 Å². The zero-order valence-corrected chi connectivity index (χ0v) is 10.7. The minimum Gasteiger partial charge on any atom is -0.484 e. The molecule has 5 heteroatoms. The van der Waals surface area contributed by atoms with Crippen molar-refractivity contribution in [3.63, 3.8) is 0 Å². The number of carbonyl (C=O) groups excluding carboxylic acids is 2. The van der Waals surface area contributed by atoms with Crippen LogP contribution < -0.4 is 9.47 Å². The highest BCUT2D eigenvalue weighted by atomic mass is 16.5. The van der Waals surface area contributed by atoms with Crippen LogP contribution in [0.5, 0.6) is 11.6 Å². The summed E-state index contributed by atoms with van der Waals surface area (Å²) >= 11 is 0. The average Bonchev–Trinajstić information content (AvgIpc) is 2.35. The van der Waals surface area contributed by atoms with Crippen LogP contribution in [0.3, 0.4) is 0 Å². The summed E-state index contributed by atoms with van der Waals surface area (Å²) in [5.41, 5.74) is 0.558. The van der Waals surface area contributed by atoms with Gasteiger partial charge >= 0.3 is 5.97 Å². The first-order valence-electron chi connectivity index (χ1n) is 5.76. The predicted molar refractivity (Wildman–Crippen MR) is 69.2 cm³/mol. The Morgan fingerprint density at radius 1 is 1.16 bits per heavy atom. The Morgan fingerprint density at radius 2 is 1.95 bits per heavy atom. The number of fused-ring (bicyclic) bond motifs is 1. The largest absolute Gasteiger partial charge is 0.484 e. The molecule has 2 aromatic rings. The molecule has 0 aliphatic carbocycles. The second-order valence-corrected chi connectivity index (χ2v) is 4.06. The maximum Gasteiger partial charge on any atom is 0.309 e. The molecule has 0 saturated heterocycles. The quantitative estimate of drug-likeness (QED) is 0.787. The molecule has 98 valence electrons. The van der Waals surface area contributed by atoms with Crippen LogP contribution in [0.2, 0.25) is 0 Å². The van der Waals surface area contributed by atoms with Crippen LogP contribution in [0, 0.1) is 0 Å². The van der Waals surface area contributed by atoms with Gasteiger partial charge in [0.05, 0.1) is 0 Å². The third-order valence-corrected chi connectivity index (χ3v) is 2.34. The predicted octanol–water partition coefficient (Wildman–Crippen LogP) is 2.13. The first-order valence-corrected chi connectivity index (χ1v) is 5.76. The Kier molecular flexibility index (Phi) is 3.75. The molecule has 1 aromatic carbocycles. The number of ether oxygens (including phenoxy) is 2. The van der Waals surface area contributed by atoms with Crippen LogP contribution in [0.4, 0.5) is 0 Å². The zero-order valence-electron chi connectivity index (χ0n) is 10.7. The van der Waals surface area contributed by atoms with Crippen molar-refractivity contribution in [2.45, 2.75) is 13.8 Å². The molecule has 0 aliphatic rings. The summed E-state index contributed by atoms with van der Waals surface area (Å²) in [5, 5.41) is 0.844. The number of hydrogen-bond acceptors (Lipinski definition) is 5. The van der Waals surface area contributed by atoms with Gasteiger partial charge in [-0.25, -0.2) is 4.98 Å². The summed E-state index contributed by atoms with van der Waals surface area (Å²) in [6.45, 7) is 2.74. The molecule has 0 unspecified atom stereocenters. The summed E-state index contributed by atoms with van der Waals surface area (Å²) in [6.07, 6.45) is 0. The molecule has 0 N–H and O–H groups in total. The molecule has 1 heterocycles. The normalized spacial score (nSPS) is 10.2. The maximum absolute atomic E-state index is 11.0. The fourth-order valence-electron chi connectivity index (χ4n) is 1.60. The monoisotopic (exact) mass is 259 g/mol. The van der Waals surface area contributed by atoms with Crippen LogP contribution in [-0.4, -0.2) is 23.3 Å². The van der Waals surface area contributed by atoms with Gasteiger partial charge in [0.15, 0.2) is 5.78 Å². The van der Waals surface area contributed by atoms with E-state index in [9.17, 15) is 9.59 Å². The van der Waals surface area contributed by atoms with Gasteiger partial charge in [0.1, 0.15) is 17.9 Å². The first kappa shape index (κ1) is 13.0. The van der Waals surface area contributed by atoms with Crippen molar-refractivity contribution in [2.24, 2.45) is 0 Å². The fraction of sp³-hybridized carbons (Fsp3) is 0.214. The van der Waals surface area contributed by atoms with E-state index in [0.717, 1.165) is 5.39 Å². The molecule has 0 amide bonds. The van der Waals surface area contributed by atoms with E-state index in [1.54, 1.807) is 18.2 Å². The first-order chi connectivity index (χ1) is 9.06. The molecule has 0 fully saturated rings. The van der Waals surface area contributed by atoms with Gasteiger partial charge in [-0.1, -0.05) is 12.1 Å². The molecule has 0 aliphatic heterocycles. The van der Waals surface area contributed by atoms with Crippen LogP contribution in [0.15, 0.2) is 30.3 Å². The Hall–Kier alpha value is -2.43. The average molecular weight is 259 g/mol. The standard InChI is InChI=1S/C14H13NO4/c1-9(16)8-18-12-5-3-4-11-6-7-13(15-14(11)12)19-10(2)17/h3-7H,8H2,1-2H3. The summed E-state index contributed by atoms with van der Waals surface area (Å²) in [5.74, 6) is 0.183. The molecule has 1 aromatic heterocycles. The smallest absolute Gasteiger partial charge is 0.309 e. The van der Waals surface area contributed by atoms with E-state index in [2.05, 4.69) is 4.98 Å². The van der Waals surface area contributed by atoms with Crippen LogP contribution in [-0.2, 0) is 9.59 Å². The lowest BCUT2D eigenvalue weighted by Crippen LogP contribution is -2.07. The maximum atomic E-state index is 11.0. The molecular weight excluding hydrogens is 246 g/mol. The van der Waals surface area contributed by atoms with Crippen LogP contribution in [0.25, 0.3) is 10.9 Å². The third-order valence-electron chi connectivity index (χ3n) is 2.34. The summed E-state index contributed by atoms with van der Waals surface area (Å²) in [6, 6.07) is 8.78. The Bertz CT molecular complexity index is 636. The number of benzene rings is 1. The number of Topliss-reactive ketones (excluding diaryl/α,β-unsaturated/α-hetero) is 1. The van der Waals surface area contributed by atoms with Crippen molar-refractivity contribution in [3.05, 3.63) is 30.3 Å². The molecule has 2 rings (SSSR count). The van der Waals surface area contributed by atoms with Gasteiger partial charge in [-0.15, -0.1) is 0 Å². The van der Waals surface area contributed by atoms with Crippen molar-refractivity contribution in [1.82, 2.24) is 4.98 Å². The summed E-state index contributed by atoms with van der Waals surface area (Å²) in [4.78, 5) is 26.1. The Morgan fingerprint density at radius 3 is 2.63 bits per heavy atom. The Balaban J connectivity index is 2.39. The van der Waals surface area contributed by atoms with Crippen LogP contribution >= 0.6 is 0 Å². The second-order valence-electron chi connectivity index (χ2n) is 4.06. The molecule has 0 bridgehead atoms. The highest BCUT2D eigenvalue weighted by molar-refractivity contribution is 5.86. The lowest BCUT2D eigenvalue weighted by Gasteiger charge is -2.08. The van der Waals surface area contributed by atoms with Gasteiger partial charge in [-0.05, 0) is 19.1 Å². The minimum atomic E-state index is -0.436. The molecule has 0 atom stereocenters. The van der Waals surface area contributed by atoms with Gasteiger partial charge in [0, 0.05) is 18.4 Å². The number of pyridine rings is 1. The number of aromatic nitrogens is 1. The number of esters is 1. The number of hydrogen-bond donors (Lipinski definition) is 0. The van der Waals surface area contributed by atoms with Crippen molar-refractivity contribution in [2.75, 3.05) is 6.61 Å². The van der Waals surface area contributed by atoms with Crippen molar-refractivity contribution in [3.8, 4) is 11.6 Å². The number of ketones is 1. The molecule has 0 saturated carbocycles. The highest BCUT2D eigenvalue weighted by Gasteiger charge is 2.07. The number of rotatable bonds is 4. The fourth-order valence-corrected chi connectivity index (χ4v) is 1.60. The van der Waals surface area contributed by atoms with E-state index in [1.165, 1.54) is 13.8 Å². The number of carbonyl (C=O) groups is 2. The molecule has 0 spiro atoms. The van der Waals surface area contributed by atoms with E-state index in [-0.39, 0.29) is 18.3 Å². The van der Waals surface area contributed by atoms with E-state index in [4.69, 9.17) is 9.47 Å². The number of para-hydroxylation sites is 1. The zero-order chi connectivity index (χ0) is 13.8. The molecule has 19 heavy (non-hydrogen) atoms. The molecule has 5 nitrogen and oxygen atoms in total. The Labute approximate surface area is 110 Å². The topological polar surface area (TPSA) is 65.5 Å². The van der Waals surface area contributed by atoms with Crippen molar-refractivity contribution in [1.29, 1.82) is 0 Å². The highest BCUT2D eigenvalue weighted by Crippen LogP contribution is 2.26. The summed E-state index contributed by atoms with van der Waals surface area (Å²) in [7, 11) is 0. The lowest BCUT2D eigenvalue weighted by atomic mass is 10.2. The van der Waals surface area contributed by atoms with Gasteiger partial charge in [-0.2, -0.15) is 0 Å². The SMILES string of the molecule is CC(=O)COc1cccc2ccc(OC(C)=O)nc12.